The van der Waals surface area contributed by atoms with E-state index in [1.807, 2.05) is 6.92 Å². The van der Waals surface area contributed by atoms with Crippen LogP contribution in [-0.4, -0.2) is 35.2 Å². The number of aromatic nitrogens is 2. The molecule has 1 aliphatic carbocycles. The predicted octanol–water partition coefficient (Wildman–Crippen LogP) is 1.18. The summed E-state index contributed by atoms with van der Waals surface area (Å²) >= 11 is 0. The van der Waals surface area contributed by atoms with E-state index in [-0.39, 0.29) is 11.6 Å². The molecule has 0 spiro atoms. The van der Waals surface area contributed by atoms with Crippen molar-refractivity contribution in [1.82, 2.24) is 14.3 Å². The molecule has 0 unspecified atom stereocenters. The fourth-order valence-electron chi connectivity index (χ4n) is 2.62. The van der Waals surface area contributed by atoms with E-state index >= 15 is 0 Å². The lowest BCUT2D eigenvalue weighted by Gasteiger charge is -2.31. The average Bonchev–Trinajstić information content (AvgIpc) is 2.80. The molecule has 7 heteroatoms. The zero-order valence-corrected chi connectivity index (χ0v) is 12.9. The van der Waals surface area contributed by atoms with E-state index in [2.05, 4.69) is 9.71 Å². The van der Waals surface area contributed by atoms with Gasteiger partial charge >= 0.3 is 0 Å². The zero-order valence-electron chi connectivity index (χ0n) is 12.1. The Labute approximate surface area is 120 Å². The van der Waals surface area contributed by atoms with Crippen molar-refractivity contribution in [1.29, 1.82) is 0 Å². The van der Waals surface area contributed by atoms with Crippen LogP contribution in [0.5, 0.6) is 0 Å². The number of hydrogen-bond acceptors (Lipinski definition) is 4. The average molecular weight is 301 g/mol. The Morgan fingerprint density at radius 1 is 1.40 bits per heavy atom. The number of sulfonamides is 1. The Kier molecular flexibility index (Phi) is 4.51. The summed E-state index contributed by atoms with van der Waals surface area (Å²) in [7, 11) is -3.65. The first-order chi connectivity index (χ1) is 9.36. The molecule has 0 amide bonds. The molecule has 2 N–H and O–H groups in total. The number of rotatable bonds is 5. The van der Waals surface area contributed by atoms with Gasteiger partial charge in [0.25, 0.3) is 10.0 Å². The lowest BCUT2D eigenvalue weighted by atomic mass is 9.85. The van der Waals surface area contributed by atoms with Crippen molar-refractivity contribution in [3.63, 3.8) is 0 Å². The van der Waals surface area contributed by atoms with Crippen LogP contribution in [0.2, 0.25) is 0 Å². The molecule has 0 aromatic carbocycles. The Morgan fingerprint density at radius 3 is 2.60 bits per heavy atom. The van der Waals surface area contributed by atoms with Gasteiger partial charge in [-0.05, 0) is 26.7 Å². The van der Waals surface area contributed by atoms with Crippen LogP contribution in [0.25, 0.3) is 0 Å². The van der Waals surface area contributed by atoms with Crippen LogP contribution in [-0.2, 0) is 16.6 Å². The summed E-state index contributed by atoms with van der Waals surface area (Å²) in [5.74, 6) is 0.671. The van der Waals surface area contributed by atoms with Gasteiger partial charge in [-0.25, -0.2) is 18.1 Å². The fourth-order valence-corrected chi connectivity index (χ4v) is 3.74. The Balaban J connectivity index is 2.06. The van der Waals surface area contributed by atoms with Gasteiger partial charge in [0.1, 0.15) is 5.82 Å². The highest BCUT2D eigenvalue weighted by molar-refractivity contribution is 7.89. The fraction of sp³-hybridized carbons (Fsp3) is 0.769. The minimum absolute atomic E-state index is 0.0243. The van der Waals surface area contributed by atoms with Gasteiger partial charge in [0, 0.05) is 19.3 Å². The summed E-state index contributed by atoms with van der Waals surface area (Å²) in [6.07, 6.45) is 5.83. The van der Waals surface area contributed by atoms with Crippen molar-refractivity contribution >= 4 is 10.0 Å². The molecule has 1 aliphatic rings. The molecule has 1 fully saturated rings. The van der Waals surface area contributed by atoms with E-state index in [9.17, 15) is 13.5 Å². The lowest BCUT2D eigenvalue weighted by molar-refractivity contribution is 0.00944. The normalized spacial score (nSPS) is 19.1. The Bertz CT molecular complexity index is 559. The first-order valence-corrected chi connectivity index (χ1v) is 8.60. The minimum Gasteiger partial charge on any atom is -0.389 e. The minimum atomic E-state index is -3.65. The first-order valence-electron chi connectivity index (χ1n) is 7.12. The van der Waals surface area contributed by atoms with E-state index < -0.39 is 15.6 Å². The molecule has 1 heterocycles. The van der Waals surface area contributed by atoms with E-state index in [0.29, 0.717) is 25.2 Å². The maximum atomic E-state index is 12.2. The van der Waals surface area contributed by atoms with E-state index in [0.717, 1.165) is 19.3 Å². The number of nitrogens with zero attached hydrogens (tertiary/aromatic N) is 2. The van der Waals surface area contributed by atoms with Gasteiger partial charge in [-0.3, -0.25) is 0 Å². The van der Waals surface area contributed by atoms with Gasteiger partial charge in [0.15, 0.2) is 5.03 Å². The van der Waals surface area contributed by atoms with Gasteiger partial charge in [0.05, 0.1) is 5.60 Å². The number of imidazole rings is 1. The van der Waals surface area contributed by atoms with Crippen LogP contribution >= 0.6 is 0 Å². The van der Waals surface area contributed by atoms with Crippen molar-refractivity contribution in [3.8, 4) is 0 Å². The van der Waals surface area contributed by atoms with Crippen molar-refractivity contribution < 1.29 is 13.5 Å². The molecule has 20 heavy (non-hydrogen) atoms. The second kappa shape index (κ2) is 5.83. The predicted molar refractivity (Wildman–Crippen MR) is 75.9 cm³/mol. The van der Waals surface area contributed by atoms with Crippen LogP contribution in [0.4, 0.5) is 0 Å². The molecule has 0 atom stereocenters. The molecule has 1 aromatic rings. The molecule has 0 saturated heterocycles. The molecule has 0 radical (unpaired) electrons. The lowest BCUT2D eigenvalue weighted by Crippen LogP contribution is -2.44. The molecule has 1 saturated carbocycles. The third-order valence-electron chi connectivity index (χ3n) is 3.95. The van der Waals surface area contributed by atoms with E-state index in [1.165, 1.54) is 6.20 Å². The Morgan fingerprint density at radius 2 is 2.05 bits per heavy atom. The first kappa shape index (κ1) is 15.5. The summed E-state index contributed by atoms with van der Waals surface area (Å²) in [5, 5.41) is 10.4. The summed E-state index contributed by atoms with van der Waals surface area (Å²) in [6.45, 7) is 4.45. The standard InChI is InChI=1S/C13H23N3O3S/c1-3-16-9-12(15-11(16)2)20(18,19)14-10-13(17)7-5-4-6-8-13/h9,14,17H,3-8,10H2,1-2H3. The maximum absolute atomic E-state index is 12.2. The number of aliphatic hydroxyl groups is 1. The van der Waals surface area contributed by atoms with Gasteiger partial charge in [0.2, 0.25) is 0 Å². The van der Waals surface area contributed by atoms with Crippen molar-refractivity contribution in [3.05, 3.63) is 12.0 Å². The number of hydrogen-bond donors (Lipinski definition) is 2. The highest BCUT2D eigenvalue weighted by Crippen LogP contribution is 2.27. The molecular formula is C13H23N3O3S. The second-order valence-corrected chi connectivity index (χ2v) is 7.24. The van der Waals surface area contributed by atoms with Crippen LogP contribution in [0.15, 0.2) is 11.2 Å². The SMILES string of the molecule is CCn1cc(S(=O)(=O)NCC2(O)CCCCC2)nc1C. The van der Waals surface area contributed by atoms with Crippen molar-refractivity contribution in [2.24, 2.45) is 0 Å². The smallest absolute Gasteiger partial charge is 0.259 e. The highest BCUT2D eigenvalue weighted by atomic mass is 32.2. The van der Waals surface area contributed by atoms with E-state index in [1.54, 1.807) is 11.5 Å². The van der Waals surface area contributed by atoms with Gasteiger partial charge < -0.3 is 9.67 Å². The van der Waals surface area contributed by atoms with Gasteiger partial charge in [-0.15, -0.1) is 0 Å². The van der Waals surface area contributed by atoms with Crippen LogP contribution in [0.1, 0.15) is 44.9 Å². The molecule has 114 valence electrons. The largest absolute Gasteiger partial charge is 0.389 e. The molecule has 0 aliphatic heterocycles. The Hall–Kier alpha value is -0.920. The molecule has 6 nitrogen and oxygen atoms in total. The van der Waals surface area contributed by atoms with Gasteiger partial charge in [-0.2, -0.15) is 0 Å². The monoisotopic (exact) mass is 301 g/mol. The van der Waals surface area contributed by atoms with Crippen molar-refractivity contribution in [2.75, 3.05) is 6.54 Å². The third kappa shape index (κ3) is 3.39. The summed E-state index contributed by atoms with van der Waals surface area (Å²) < 4.78 is 28.7. The third-order valence-corrected chi connectivity index (χ3v) is 5.22. The second-order valence-electron chi connectivity index (χ2n) is 5.52. The van der Waals surface area contributed by atoms with Crippen LogP contribution in [0, 0.1) is 6.92 Å². The molecule has 1 aromatic heterocycles. The quantitative estimate of drug-likeness (QED) is 0.855. The topological polar surface area (TPSA) is 84.2 Å². The maximum Gasteiger partial charge on any atom is 0.259 e. The summed E-state index contributed by atoms with van der Waals surface area (Å²) in [5.41, 5.74) is -0.909. The molecule has 2 rings (SSSR count). The highest BCUT2D eigenvalue weighted by Gasteiger charge is 2.31. The van der Waals surface area contributed by atoms with Gasteiger partial charge in [-0.1, -0.05) is 19.3 Å². The van der Waals surface area contributed by atoms with E-state index in [4.69, 9.17) is 0 Å². The van der Waals surface area contributed by atoms with Crippen molar-refractivity contribution in [2.45, 2.75) is 63.1 Å². The summed E-state index contributed by atoms with van der Waals surface area (Å²) in [4.78, 5) is 4.07. The zero-order chi connectivity index (χ0) is 14.8. The molecule has 0 bridgehead atoms. The van der Waals surface area contributed by atoms with Crippen LogP contribution in [0.3, 0.4) is 0 Å². The number of nitrogens with one attached hydrogen (secondary N) is 1. The van der Waals surface area contributed by atoms with Crippen LogP contribution < -0.4 is 4.72 Å². The number of aryl methyl sites for hydroxylation is 2. The summed E-state index contributed by atoms with van der Waals surface area (Å²) in [6, 6.07) is 0. The molecular weight excluding hydrogens is 278 g/mol.